The Labute approximate surface area is 138 Å². The SMILES string of the molecule is Cc1cc(-c2cc([N+](=O)[O-])ccc2N2CCCC2)c(C#N)c(=O)[nH]1. The van der Waals surface area contributed by atoms with Crippen molar-refractivity contribution < 1.29 is 4.92 Å². The largest absolute Gasteiger partial charge is 0.371 e. The fourth-order valence-electron chi connectivity index (χ4n) is 3.10. The van der Waals surface area contributed by atoms with E-state index in [0.717, 1.165) is 31.6 Å². The van der Waals surface area contributed by atoms with Gasteiger partial charge < -0.3 is 9.88 Å². The lowest BCUT2D eigenvalue weighted by Gasteiger charge is -2.22. The minimum atomic E-state index is -0.480. The second kappa shape index (κ2) is 6.16. The van der Waals surface area contributed by atoms with Crippen molar-refractivity contribution in [2.75, 3.05) is 18.0 Å². The molecular weight excluding hydrogens is 308 g/mol. The molecule has 0 radical (unpaired) electrons. The smallest absolute Gasteiger partial charge is 0.270 e. The lowest BCUT2D eigenvalue weighted by molar-refractivity contribution is -0.384. The van der Waals surface area contributed by atoms with Gasteiger partial charge in [0.05, 0.1) is 4.92 Å². The van der Waals surface area contributed by atoms with Gasteiger partial charge in [-0.25, -0.2) is 0 Å². The molecule has 3 rings (SSSR count). The molecular formula is C17H16N4O3. The standard InChI is InChI=1S/C17H16N4O3/c1-11-8-13(15(10-18)17(22)19-11)14-9-12(21(23)24)4-5-16(14)20-6-2-3-7-20/h4-5,8-9H,2-3,6-7H2,1H3,(H,19,22). The van der Waals surface area contributed by atoms with E-state index in [-0.39, 0.29) is 11.3 Å². The molecule has 0 unspecified atom stereocenters. The molecule has 0 amide bonds. The van der Waals surface area contributed by atoms with Gasteiger partial charge in [-0.15, -0.1) is 0 Å². The highest BCUT2D eigenvalue weighted by Gasteiger charge is 2.22. The summed E-state index contributed by atoms with van der Waals surface area (Å²) < 4.78 is 0. The van der Waals surface area contributed by atoms with Gasteiger partial charge in [-0.1, -0.05) is 0 Å². The minimum Gasteiger partial charge on any atom is -0.371 e. The van der Waals surface area contributed by atoms with E-state index in [0.29, 0.717) is 16.8 Å². The maximum atomic E-state index is 12.1. The van der Waals surface area contributed by atoms with Gasteiger partial charge >= 0.3 is 0 Å². The molecule has 1 aromatic carbocycles. The average molecular weight is 324 g/mol. The number of benzene rings is 1. The van der Waals surface area contributed by atoms with Crippen molar-refractivity contribution in [2.24, 2.45) is 0 Å². The number of nitriles is 1. The lowest BCUT2D eigenvalue weighted by Crippen LogP contribution is -2.19. The number of aromatic nitrogens is 1. The van der Waals surface area contributed by atoms with Crippen LogP contribution < -0.4 is 10.5 Å². The Hall–Kier alpha value is -3.14. The zero-order chi connectivity index (χ0) is 17.3. The summed E-state index contributed by atoms with van der Waals surface area (Å²) in [6.45, 7) is 3.43. The molecule has 0 bridgehead atoms. The summed E-state index contributed by atoms with van der Waals surface area (Å²) in [5.74, 6) is 0. The van der Waals surface area contributed by atoms with Crippen LogP contribution in [0.5, 0.6) is 0 Å². The Morgan fingerprint density at radius 3 is 2.58 bits per heavy atom. The van der Waals surface area contributed by atoms with E-state index < -0.39 is 10.5 Å². The van der Waals surface area contributed by atoms with Crippen molar-refractivity contribution in [3.63, 3.8) is 0 Å². The van der Waals surface area contributed by atoms with Crippen LogP contribution in [0.3, 0.4) is 0 Å². The van der Waals surface area contributed by atoms with Gasteiger partial charge in [-0.3, -0.25) is 14.9 Å². The van der Waals surface area contributed by atoms with Crippen molar-refractivity contribution in [1.82, 2.24) is 4.98 Å². The Bertz CT molecular complexity index is 905. The van der Waals surface area contributed by atoms with E-state index in [4.69, 9.17) is 0 Å². The summed E-state index contributed by atoms with van der Waals surface area (Å²) in [4.78, 5) is 27.5. The number of pyridine rings is 1. The lowest BCUT2D eigenvalue weighted by atomic mass is 9.98. The van der Waals surface area contributed by atoms with Crippen molar-refractivity contribution >= 4 is 11.4 Å². The van der Waals surface area contributed by atoms with Crippen molar-refractivity contribution in [1.29, 1.82) is 5.26 Å². The highest BCUT2D eigenvalue weighted by atomic mass is 16.6. The van der Waals surface area contributed by atoms with E-state index in [9.17, 15) is 20.2 Å². The van der Waals surface area contributed by atoms with Crippen LogP contribution in [-0.4, -0.2) is 23.0 Å². The molecule has 7 nitrogen and oxygen atoms in total. The van der Waals surface area contributed by atoms with Crippen LogP contribution in [0, 0.1) is 28.4 Å². The normalized spacial score (nSPS) is 13.8. The van der Waals surface area contributed by atoms with E-state index in [1.807, 2.05) is 6.07 Å². The summed E-state index contributed by atoms with van der Waals surface area (Å²) in [5, 5.41) is 20.5. The van der Waals surface area contributed by atoms with E-state index in [2.05, 4.69) is 9.88 Å². The molecule has 2 heterocycles. The Kier molecular flexibility index (Phi) is 4.04. The zero-order valence-corrected chi connectivity index (χ0v) is 13.2. The quantitative estimate of drug-likeness (QED) is 0.690. The Morgan fingerprint density at radius 1 is 1.25 bits per heavy atom. The van der Waals surface area contributed by atoms with Crippen LogP contribution in [0.1, 0.15) is 24.1 Å². The molecule has 0 atom stereocenters. The van der Waals surface area contributed by atoms with Gasteiger partial charge in [0.25, 0.3) is 11.2 Å². The third-order valence-corrected chi connectivity index (χ3v) is 4.21. The first-order chi connectivity index (χ1) is 11.5. The van der Waals surface area contributed by atoms with Crippen LogP contribution in [0.4, 0.5) is 11.4 Å². The maximum absolute atomic E-state index is 12.1. The number of hydrogen-bond donors (Lipinski definition) is 1. The molecule has 24 heavy (non-hydrogen) atoms. The molecule has 1 aromatic heterocycles. The number of nitrogens with zero attached hydrogens (tertiary/aromatic N) is 3. The first kappa shape index (κ1) is 15.7. The van der Waals surface area contributed by atoms with E-state index in [1.54, 1.807) is 19.1 Å². The third kappa shape index (κ3) is 2.74. The highest BCUT2D eigenvalue weighted by Crippen LogP contribution is 2.36. The monoisotopic (exact) mass is 324 g/mol. The molecule has 0 spiro atoms. The number of nitro benzene ring substituents is 1. The number of rotatable bonds is 3. The molecule has 1 N–H and O–H groups in total. The third-order valence-electron chi connectivity index (χ3n) is 4.21. The fourth-order valence-corrected chi connectivity index (χ4v) is 3.10. The first-order valence-corrected chi connectivity index (χ1v) is 7.69. The number of nitro groups is 1. The second-order valence-corrected chi connectivity index (χ2v) is 5.83. The summed E-state index contributed by atoms with van der Waals surface area (Å²) in [5.41, 5.74) is 1.84. The molecule has 1 fully saturated rings. The van der Waals surface area contributed by atoms with Gasteiger partial charge in [0.2, 0.25) is 0 Å². The predicted molar refractivity (Wildman–Crippen MR) is 90.1 cm³/mol. The predicted octanol–water partition coefficient (Wildman–Crippen LogP) is 2.73. The van der Waals surface area contributed by atoms with Gasteiger partial charge in [-0.2, -0.15) is 5.26 Å². The number of aryl methyl sites for hydroxylation is 1. The molecule has 7 heteroatoms. The molecule has 1 aliphatic heterocycles. The molecule has 122 valence electrons. The van der Waals surface area contributed by atoms with Crippen molar-refractivity contribution in [3.8, 4) is 17.2 Å². The van der Waals surface area contributed by atoms with E-state index >= 15 is 0 Å². The van der Waals surface area contributed by atoms with Crippen LogP contribution in [-0.2, 0) is 0 Å². The molecule has 2 aromatic rings. The van der Waals surface area contributed by atoms with Crippen LogP contribution in [0.2, 0.25) is 0 Å². The first-order valence-electron chi connectivity index (χ1n) is 7.69. The molecule has 1 aliphatic rings. The number of non-ortho nitro benzene ring substituents is 1. The fraction of sp³-hybridized carbons (Fsp3) is 0.294. The van der Waals surface area contributed by atoms with E-state index in [1.165, 1.54) is 12.1 Å². The summed E-state index contributed by atoms with van der Waals surface area (Å²) >= 11 is 0. The van der Waals surface area contributed by atoms with Crippen LogP contribution >= 0.6 is 0 Å². The van der Waals surface area contributed by atoms with Gasteiger partial charge in [0, 0.05) is 47.7 Å². The van der Waals surface area contributed by atoms with Gasteiger partial charge in [0.15, 0.2) is 0 Å². The van der Waals surface area contributed by atoms with Crippen LogP contribution in [0.15, 0.2) is 29.1 Å². The van der Waals surface area contributed by atoms with Crippen LogP contribution in [0.25, 0.3) is 11.1 Å². The van der Waals surface area contributed by atoms with Gasteiger partial charge in [0.1, 0.15) is 11.6 Å². The second-order valence-electron chi connectivity index (χ2n) is 5.83. The maximum Gasteiger partial charge on any atom is 0.270 e. The number of anilines is 1. The molecule has 1 saturated heterocycles. The molecule has 0 saturated carbocycles. The Morgan fingerprint density at radius 2 is 1.96 bits per heavy atom. The summed E-state index contributed by atoms with van der Waals surface area (Å²) in [6.07, 6.45) is 2.10. The average Bonchev–Trinajstić information content (AvgIpc) is 3.07. The summed E-state index contributed by atoms with van der Waals surface area (Å²) in [6, 6.07) is 8.23. The number of hydrogen-bond acceptors (Lipinski definition) is 5. The minimum absolute atomic E-state index is 0.0263. The van der Waals surface area contributed by atoms with Crippen molar-refractivity contribution in [2.45, 2.75) is 19.8 Å². The Balaban J connectivity index is 2.29. The summed E-state index contributed by atoms with van der Waals surface area (Å²) in [7, 11) is 0. The number of H-pyrrole nitrogens is 1. The van der Waals surface area contributed by atoms with Gasteiger partial charge in [-0.05, 0) is 31.9 Å². The van der Waals surface area contributed by atoms with Crippen molar-refractivity contribution in [3.05, 3.63) is 56.0 Å². The topological polar surface area (TPSA) is 103 Å². The molecule has 0 aliphatic carbocycles. The number of nitrogens with one attached hydrogen (secondary N) is 1. The number of aromatic amines is 1. The highest BCUT2D eigenvalue weighted by molar-refractivity contribution is 5.84. The zero-order valence-electron chi connectivity index (χ0n) is 13.2.